The molecule has 0 saturated carbocycles. The van der Waals surface area contributed by atoms with Gasteiger partial charge in [-0.05, 0) is 14.0 Å². The highest BCUT2D eigenvalue weighted by Crippen LogP contribution is 2.23. The molecule has 1 rings (SSSR count). The van der Waals surface area contributed by atoms with Crippen LogP contribution in [0.5, 0.6) is 5.75 Å². The second-order valence-corrected chi connectivity index (χ2v) is 3.22. The summed E-state index contributed by atoms with van der Waals surface area (Å²) in [5, 5.41) is 7.35. The lowest BCUT2D eigenvalue weighted by atomic mass is 10.2. The smallest absolute Gasteiger partial charge is 0.161 e. The van der Waals surface area contributed by atoms with Crippen molar-refractivity contribution < 1.29 is 9.47 Å². The maximum Gasteiger partial charge on any atom is 0.161 e. The number of aryl methyl sites for hydroxylation is 1. The van der Waals surface area contributed by atoms with E-state index in [1.807, 2.05) is 21.0 Å². The van der Waals surface area contributed by atoms with E-state index in [-0.39, 0.29) is 6.04 Å². The molecule has 5 heteroatoms. The van der Waals surface area contributed by atoms with Gasteiger partial charge in [-0.25, -0.2) is 0 Å². The summed E-state index contributed by atoms with van der Waals surface area (Å²) in [5.74, 6) is 0.788. The van der Waals surface area contributed by atoms with Crippen LogP contribution in [-0.2, 0) is 11.8 Å². The molecule has 0 amide bonds. The van der Waals surface area contributed by atoms with Crippen LogP contribution in [0.3, 0.4) is 0 Å². The third-order valence-electron chi connectivity index (χ3n) is 2.34. The summed E-state index contributed by atoms with van der Waals surface area (Å²) in [7, 11) is 5.44. The Balaban J connectivity index is 2.84. The Hall–Kier alpha value is -1.07. The van der Waals surface area contributed by atoms with E-state index < -0.39 is 0 Å². The fourth-order valence-electron chi connectivity index (χ4n) is 1.52. The largest absolute Gasteiger partial charge is 0.493 e. The molecule has 0 aliphatic carbocycles. The molecule has 0 aliphatic rings. The first-order valence-corrected chi connectivity index (χ1v) is 5.05. The number of ether oxygens (including phenoxy) is 2. The first-order chi connectivity index (χ1) is 7.24. The third-order valence-corrected chi connectivity index (χ3v) is 2.34. The zero-order valence-corrected chi connectivity index (χ0v) is 9.78. The Morgan fingerprint density at radius 1 is 1.60 bits per heavy atom. The summed E-state index contributed by atoms with van der Waals surface area (Å²) in [4.78, 5) is 0. The maximum absolute atomic E-state index is 5.41. The highest BCUT2D eigenvalue weighted by atomic mass is 16.5. The summed E-state index contributed by atoms with van der Waals surface area (Å²) in [6.07, 6.45) is 1.71. The molecule has 1 N–H and O–H groups in total. The highest BCUT2D eigenvalue weighted by molar-refractivity contribution is 5.28. The number of nitrogens with one attached hydrogen (secondary N) is 1. The molecule has 0 aromatic carbocycles. The molecule has 0 aliphatic heterocycles. The van der Waals surface area contributed by atoms with Crippen LogP contribution in [0.2, 0.25) is 0 Å². The minimum absolute atomic E-state index is 0.104. The van der Waals surface area contributed by atoms with Crippen LogP contribution in [0, 0.1) is 0 Å². The van der Waals surface area contributed by atoms with Crippen molar-refractivity contribution in [2.24, 2.45) is 7.05 Å². The van der Waals surface area contributed by atoms with Crippen LogP contribution in [0.1, 0.15) is 18.7 Å². The van der Waals surface area contributed by atoms with Crippen molar-refractivity contribution in [3.8, 4) is 5.75 Å². The molecule has 1 unspecified atom stereocenters. The van der Waals surface area contributed by atoms with Gasteiger partial charge in [-0.15, -0.1) is 0 Å². The van der Waals surface area contributed by atoms with Gasteiger partial charge in [0.2, 0.25) is 0 Å². The van der Waals surface area contributed by atoms with Crippen molar-refractivity contribution in [1.29, 1.82) is 0 Å². The number of rotatable bonds is 6. The van der Waals surface area contributed by atoms with Gasteiger partial charge in [0.25, 0.3) is 0 Å². The average molecular weight is 213 g/mol. The van der Waals surface area contributed by atoms with Gasteiger partial charge in [0, 0.05) is 13.7 Å². The molecule has 1 atom stereocenters. The van der Waals surface area contributed by atoms with Gasteiger partial charge in [-0.2, -0.15) is 5.10 Å². The molecule has 0 fully saturated rings. The summed E-state index contributed by atoms with van der Waals surface area (Å²) in [6.45, 7) is 3.30. The number of likely N-dealkylation sites (N-methyl/N-ethyl adjacent to an activating group) is 1. The Morgan fingerprint density at radius 2 is 2.33 bits per heavy atom. The monoisotopic (exact) mass is 213 g/mol. The van der Waals surface area contributed by atoms with Gasteiger partial charge in [-0.1, -0.05) is 0 Å². The zero-order chi connectivity index (χ0) is 11.3. The van der Waals surface area contributed by atoms with E-state index in [4.69, 9.17) is 9.47 Å². The van der Waals surface area contributed by atoms with E-state index in [9.17, 15) is 0 Å². The van der Waals surface area contributed by atoms with Gasteiger partial charge in [0.1, 0.15) is 0 Å². The van der Waals surface area contributed by atoms with Crippen LogP contribution in [0.4, 0.5) is 0 Å². The van der Waals surface area contributed by atoms with Crippen molar-refractivity contribution >= 4 is 0 Å². The fraction of sp³-hybridized carbons (Fsp3) is 0.700. The maximum atomic E-state index is 5.41. The fourth-order valence-corrected chi connectivity index (χ4v) is 1.52. The average Bonchev–Trinajstić information content (AvgIpc) is 2.62. The first kappa shape index (κ1) is 12.0. The Bertz CT molecular complexity index is 299. The van der Waals surface area contributed by atoms with Crippen LogP contribution < -0.4 is 10.1 Å². The minimum atomic E-state index is 0.104. The van der Waals surface area contributed by atoms with Gasteiger partial charge >= 0.3 is 0 Å². The topological polar surface area (TPSA) is 48.3 Å². The number of methoxy groups -OCH3 is 1. The van der Waals surface area contributed by atoms with Crippen LogP contribution >= 0.6 is 0 Å². The van der Waals surface area contributed by atoms with Crippen molar-refractivity contribution in [3.05, 3.63) is 11.9 Å². The molecule has 1 aromatic heterocycles. The Kier molecular flexibility index (Phi) is 4.58. The first-order valence-electron chi connectivity index (χ1n) is 5.05. The van der Waals surface area contributed by atoms with Crippen molar-refractivity contribution in [3.63, 3.8) is 0 Å². The third kappa shape index (κ3) is 2.70. The molecule has 0 saturated heterocycles. The Labute approximate surface area is 90.4 Å². The van der Waals surface area contributed by atoms with Crippen LogP contribution in [-0.4, -0.2) is 37.2 Å². The SMILES string of the molecule is CCOCC(NC)c1c(OC)cnn1C. The van der Waals surface area contributed by atoms with E-state index in [2.05, 4.69) is 10.4 Å². The quantitative estimate of drug-likeness (QED) is 0.756. The lowest BCUT2D eigenvalue weighted by molar-refractivity contribution is 0.122. The predicted octanol–water partition coefficient (Wildman–Crippen LogP) is 0.726. The van der Waals surface area contributed by atoms with E-state index in [0.717, 1.165) is 11.4 Å². The van der Waals surface area contributed by atoms with Crippen molar-refractivity contribution in [2.75, 3.05) is 27.4 Å². The number of nitrogens with zero attached hydrogens (tertiary/aromatic N) is 2. The molecule has 0 radical (unpaired) electrons. The molecule has 1 heterocycles. The molecule has 0 bridgehead atoms. The standard InChI is InChI=1S/C10H19N3O2/c1-5-15-7-8(11-2)10-9(14-4)6-12-13(10)3/h6,8,11H,5,7H2,1-4H3. The molecule has 5 nitrogen and oxygen atoms in total. The molecular formula is C10H19N3O2. The second kappa shape index (κ2) is 5.72. The summed E-state index contributed by atoms with van der Waals surface area (Å²) in [6, 6.07) is 0.104. The van der Waals surface area contributed by atoms with Gasteiger partial charge in [0.15, 0.2) is 5.75 Å². The molecule has 86 valence electrons. The zero-order valence-electron chi connectivity index (χ0n) is 9.78. The van der Waals surface area contributed by atoms with Crippen LogP contribution in [0.25, 0.3) is 0 Å². The Morgan fingerprint density at radius 3 is 2.87 bits per heavy atom. The number of hydrogen-bond acceptors (Lipinski definition) is 4. The normalized spacial score (nSPS) is 12.8. The highest BCUT2D eigenvalue weighted by Gasteiger charge is 2.18. The molecule has 1 aromatic rings. The summed E-state index contributed by atoms with van der Waals surface area (Å²) < 4.78 is 12.5. The predicted molar refractivity (Wildman–Crippen MR) is 58.1 cm³/mol. The van der Waals surface area contributed by atoms with Crippen molar-refractivity contribution in [1.82, 2.24) is 15.1 Å². The number of hydrogen-bond donors (Lipinski definition) is 1. The van der Waals surface area contributed by atoms with E-state index in [1.165, 1.54) is 0 Å². The number of aromatic nitrogens is 2. The van der Waals surface area contributed by atoms with Gasteiger partial charge in [-0.3, -0.25) is 4.68 Å². The van der Waals surface area contributed by atoms with E-state index in [0.29, 0.717) is 13.2 Å². The van der Waals surface area contributed by atoms with Crippen molar-refractivity contribution in [2.45, 2.75) is 13.0 Å². The van der Waals surface area contributed by atoms with Gasteiger partial charge < -0.3 is 14.8 Å². The lowest BCUT2D eigenvalue weighted by Crippen LogP contribution is -2.24. The van der Waals surface area contributed by atoms with E-state index >= 15 is 0 Å². The molecular weight excluding hydrogens is 194 g/mol. The summed E-state index contributed by atoms with van der Waals surface area (Å²) in [5.41, 5.74) is 1.01. The lowest BCUT2D eigenvalue weighted by Gasteiger charge is -2.17. The van der Waals surface area contributed by atoms with E-state index in [1.54, 1.807) is 18.0 Å². The minimum Gasteiger partial charge on any atom is -0.493 e. The van der Waals surface area contributed by atoms with Gasteiger partial charge in [0.05, 0.1) is 31.6 Å². The summed E-state index contributed by atoms with van der Waals surface area (Å²) >= 11 is 0. The molecule has 15 heavy (non-hydrogen) atoms. The molecule has 0 spiro atoms. The second-order valence-electron chi connectivity index (χ2n) is 3.22. The van der Waals surface area contributed by atoms with Crippen LogP contribution in [0.15, 0.2) is 6.20 Å².